The number of aryl methyl sites for hydroxylation is 1. The lowest BCUT2D eigenvalue weighted by Gasteiger charge is -2.21. The number of halogens is 1. The van der Waals surface area contributed by atoms with Gasteiger partial charge in [-0.25, -0.2) is 12.8 Å². The number of sulfonamides is 1. The third-order valence-electron chi connectivity index (χ3n) is 5.17. The van der Waals surface area contributed by atoms with Crippen molar-refractivity contribution < 1.29 is 22.4 Å². The fourth-order valence-electron chi connectivity index (χ4n) is 3.45. The van der Waals surface area contributed by atoms with E-state index in [9.17, 15) is 22.4 Å². The maximum Gasteiger partial charge on any atom is 0.251 e. The van der Waals surface area contributed by atoms with Gasteiger partial charge in [-0.3, -0.25) is 9.59 Å². The molecule has 1 heterocycles. The Hall–Kier alpha value is -2.78. The number of hydrogen-bond acceptors (Lipinski definition) is 4. The summed E-state index contributed by atoms with van der Waals surface area (Å²) in [5.41, 5.74) is 1.17. The van der Waals surface area contributed by atoms with Crippen LogP contribution in [-0.2, 0) is 14.8 Å². The predicted octanol–water partition coefficient (Wildman–Crippen LogP) is 3.07. The molecule has 0 radical (unpaired) electrons. The van der Waals surface area contributed by atoms with Crippen molar-refractivity contribution in [2.75, 3.05) is 25.0 Å². The van der Waals surface area contributed by atoms with Gasteiger partial charge in [-0.15, -0.1) is 0 Å². The summed E-state index contributed by atoms with van der Waals surface area (Å²) in [5, 5.41) is 5.07. The molecule has 2 N–H and O–H groups in total. The summed E-state index contributed by atoms with van der Waals surface area (Å²) in [7, 11) is -3.66. The molecule has 0 atom stereocenters. The molecule has 1 fully saturated rings. The van der Waals surface area contributed by atoms with Crippen LogP contribution in [0.25, 0.3) is 0 Å². The highest BCUT2D eigenvalue weighted by molar-refractivity contribution is 7.89. The Balaban J connectivity index is 1.66. The largest absolute Gasteiger partial charge is 0.343 e. The Kier molecular flexibility index (Phi) is 7.40. The quantitative estimate of drug-likeness (QED) is 0.711. The molecule has 9 heteroatoms. The molecule has 0 saturated carbocycles. The molecule has 0 bridgehead atoms. The van der Waals surface area contributed by atoms with Crippen molar-refractivity contribution >= 4 is 27.5 Å². The number of carbonyl (C=O) groups excluding carboxylic acids is 2. The minimum Gasteiger partial charge on any atom is -0.343 e. The molecular formula is C22H26FN3O4S. The molecule has 31 heavy (non-hydrogen) atoms. The summed E-state index contributed by atoms with van der Waals surface area (Å²) in [6.07, 6.45) is 3.71. The van der Waals surface area contributed by atoms with E-state index in [-0.39, 0.29) is 17.0 Å². The van der Waals surface area contributed by atoms with Gasteiger partial charge in [0.1, 0.15) is 5.82 Å². The summed E-state index contributed by atoms with van der Waals surface area (Å²) < 4.78 is 40.7. The predicted molar refractivity (Wildman–Crippen MR) is 116 cm³/mol. The van der Waals surface area contributed by atoms with Crippen molar-refractivity contribution in [2.24, 2.45) is 0 Å². The lowest BCUT2D eigenvalue weighted by Crippen LogP contribution is -2.33. The molecule has 0 unspecified atom stereocenters. The number of carbonyl (C=O) groups is 2. The molecular weight excluding hydrogens is 421 g/mol. The molecule has 0 spiro atoms. The first-order valence-electron chi connectivity index (χ1n) is 10.2. The summed E-state index contributed by atoms with van der Waals surface area (Å²) in [4.78, 5) is 24.5. The lowest BCUT2D eigenvalue weighted by atomic mass is 10.2. The van der Waals surface area contributed by atoms with E-state index in [1.165, 1.54) is 22.5 Å². The van der Waals surface area contributed by atoms with E-state index in [2.05, 4.69) is 10.6 Å². The Bertz CT molecular complexity index is 1050. The van der Waals surface area contributed by atoms with Gasteiger partial charge in [0, 0.05) is 24.3 Å². The summed E-state index contributed by atoms with van der Waals surface area (Å²) in [5.74, 6) is -1.47. The van der Waals surface area contributed by atoms with Crippen molar-refractivity contribution in [3.63, 3.8) is 0 Å². The Morgan fingerprint density at radius 2 is 1.65 bits per heavy atom. The van der Waals surface area contributed by atoms with E-state index in [0.717, 1.165) is 37.8 Å². The van der Waals surface area contributed by atoms with Gasteiger partial charge in [0.05, 0.1) is 11.4 Å². The smallest absolute Gasteiger partial charge is 0.251 e. The topological polar surface area (TPSA) is 95.6 Å². The summed E-state index contributed by atoms with van der Waals surface area (Å²) in [6.45, 7) is 2.40. The number of rotatable bonds is 6. The van der Waals surface area contributed by atoms with Gasteiger partial charge in [-0.2, -0.15) is 4.31 Å². The highest BCUT2D eigenvalue weighted by atomic mass is 32.2. The maximum absolute atomic E-state index is 13.1. The van der Waals surface area contributed by atoms with Crippen LogP contribution in [0.5, 0.6) is 0 Å². The zero-order chi connectivity index (χ0) is 22.4. The van der Waals surface area contributed by atoms with E-state index in [4.69, 9.17) is 0 Å². The third-order valence-corrected chi connectivity index (χ3v) is 7.21. The second-order valence-corrected chi connectivity index (χ2v) is 9.44. The van der Waals surface area contributed by atoms with Crippen molar-refractivity contribution in [3.05, 3.63) is 59.4 Å². The van der Waals surface area contributed by atoms with E-state index in [1.54, 1.807) is 19.1 Å². The van der Waals surface area contributed by atoms with Gasteiger partial charge in [-0.05, 0) is 61.7 Å². The van der Waals surface area contributed by atoms with Crippen LogP contribution in [0, 0.1) is 12.7 Å². The van der Waals surface area contributed by atoms with Crippen LogP contribution in [0.3, 0.4) is 0 Å². The number of anilines is 1. The Morgan fingerprint density at radius 1 is 1.00 bits per heavy atom. The highest BCUT2D eigenvalue weighted by Crippen LogP contribution is 2.25. The number of nitrogens with zero attached hydrogens (tertiary/aromatic N) is 1. The lowest BCUT2D eigenvalue weighted by molar-refractivity contribution is -0.115. The van der Waals surface area contributed by atoms with E-state index >= 15 is 0 Å². The summed E-state index contributed by atoms with van der Waals surface area (Å²) >= 11 is 0. The van der Waals surface area contributed by atoms with E-state index < -0.39 is 27.7 Å². The standard InChI is InChI=1S/C22H26FN3O4S/c1-16-6-11-19(14-20(16)31(29,30)26-12-4-2-3-5-13-26)25-21(27)15-24-22(28)17-7-9-18(23)10-8-17/h6-11,14H,2-5,12-13,15H2,1H3,(H,24,28)(H,25,27). The van der Waals surface area contributed by atoms with Gasteiger partial charge in [0.25, 0.3) is 5.91 Å². The van der Waals surface area contributed by atoms with Crippen LogP contribution >= 0.6 is 0 Å². The minimum atomic E-state index is -3.66. The first-order chi connectivity index (χ1) is 14.8. The van der Waals surface area contributed by atoms with Crippen molar-refractivity contribution in [1.29, 1.82) is 0 Å². The highest BCUT2D eigenvalue weighted by Gasteiger charge is 2.27. The molecule has 2 aromatic carbocycles. The molecule has 3 rings (SSSR count). The van der Waals surface area contributed by atoms with Crippen LogP contribution < -0.4 is 10.6 Å². The van der Waals surface area contributed by atoms with Gasteiger partial charge < -0.3 is 10.6 Å². The monoisotopic (exact) mass is 447 g/mol. The second-order valence-electron chi connectivity index (χ2n) is 7.54. The van der Waals surface area contributed by atoms with Crippen molar-refractivity contribution in [2.45, 2.75) is 37.5 Å². The van der Waals surface area contributed by atoms with E-state index in [0.29, 0.717) is 24.3 Å². The molecule has 0 aromatic heterocycles. The molecule has 166 valence electrons. The van der Waals surface area contributed by atoms with Gasteiger partial charge >= 0.3 is 0 Å². The third kappa shape index (κ3) is 5.89. The number of amides is 2. The first kappa shape index (κ1) is 22.9. The zero-order valence-electron chi connectivity index (χ0n) is 17.4. The molecule has 2 aromatic rings. The van der Waals surface area contributed by atoms with Crippen LogP contribution in [0.4, 0.5) is 10.1 Å². The average molecular weight is 448 g/mol. The van der Waals surface area contributed by atoms with Gasteiger partial charge in [0.15, 0.2) is 0 Å². The first-order valence-corrected chi connectivity index (χ1v) is 11.7. The zero-order valence-corrected chi connectivity index (χ0v) is 18.2. The van der Waals surface area contributed by atoms with Crippen LogP contribution in [0.15, 0.2) is 47.4 Å². The van der Waals surface area contributed by atoms with Crippen LogP contribution in [-0.4, -0.2) is 44.2 Å². The SMILES string of the molecule is Cc1ccc(NC(=O)CNC(=O)c2ccc(F)cc2)cc1S(=O)(=O)N1CCCCCC1. The van der Waals surface area contributed by atoms with Crippen molar-refractivity contribution in [3.8, 4) is 0 Å². The maximum atomic E-state index is 13.1. The number of nitrogens with one attached hydrogen (secondary N) is 2. The Labute approximate surface area is 181 Å². The van der Waals surface area contributed by atoms with Crippen LogP contribution in [0.2, 0.25) is 0 Å². The average Bonchev–Trinajstić information content (AvgIpc) is 3.04. The van der Waals surface area contributed by atoms with E-state index in [1.807, 2.05) is 0 Å². The fourth-order valence-corrected chi connectivity index (χ4v) is 5.21. The minimum absolute atomic E-state index is 0.169. The van der Waals surface area contributed by atoms with Gasteiger partial charge in [0.2, 0.25) is 15.9 Å². The molecule has 7 nitrogen and oxygen atoms in total. The number of hydrogen-bond donors (Lipinski definition) is 2. The van der Waals surface area contributed by atoms with Crippen LogP contribution in [0.1, 0.15) is 41.6 Å². The summed E-state index contributed by atoms with van der Waals surface area (Å²) in [6, 6.07) is 9.69. The van der Waals surface area contributed by atoms with Gasteiger partial charge in [-0.1, -0.05) is 18.9 Å². The number of benzene rings is 2. The molecule has 2 amide bonds. The Morgan fingerprint density at radius 3 is 2.29 bits per heavy atom. The fraction of sp³-hybridized carbons (Fsp3) is 0.364. The molecule has 1 aliphatic rings. The second kappa shape index (κ2) is 10.0. The van der Waals surface area contributed by atoms with Crippen molar-refractivity contribution in [1.82, 2.24) is 9.62 Å². The molecule has 1 saturated heterocycles. The molecule has 1 aliphatic heterocycles. The normalized spacial score (nSPS) is 15.2. The molecule has 0 aliphatic carbocycles.